The van der Waals surface area contributed by atoms with Crippen LogP contribution in [0.3, 0.4) is 0 Å². The fraction of sp³-hybridized carbons (Fsp3) is 0.412. The van der Waals surface area contributed by atoms with E-state index < -0.39 is 0 Å². The molecule has 0 bridgehead atoms. The molecule has 7 nitrogen and oxygen atoms in total. The highest BCUT2D eigenvalue weighted by atomic mass is 32.2. The van der Waals surface area contributed by atoms with Crippen LogP contribution in [0.1, 0.15) is 47.6 Å². The molecule has 3 aromatic rings. The van der Waals surface area contributed by atoms with Crippen LogP contribution in [0.5, 0.6) is 0 Å². The van der Waals surface area contributed by atoms with E-state index >= 15 is 0 Å². The summed E-state index contributed by atoms with van der Waals surface area (Å²) in [5, 5.41) is 23.7. The molecule has 3 rings (SSSR count). The van der Waals surface area contributed by atoms with Crippen LogP contribution >= 0.6 is 11.8 Å². The molecule has 0 unspecified atom stereocenters. The van der Waals surface area contributed by atoms with Gasteiger partial charge in [-0.05, 0) is 56.5 Å². The lowest BCUT2D eigenvalue weighted by molar-refractivity contribution is 0.809. The minimum atomic E-state index is 0.512. The third kappa shape index (κ3) is 2.96. The van der Waals surface area contributed by atoms with Gasteiger partial charge in [0.1, 0.15) is 11.1 Å². The van der Waals surface area contributed by atoms with Crippen LogP contribution in [0.2, 0.25) is 0 Å². The van der Waals surface area contributed by atoms with Crippen molar-refractivity contribution in [3.63, 3.8) is 0 Å². The zero-order chi connectivity index (χ0) is 18.1. The highest BCUT2D eigenvalue weighted by Gasteiger charge is 2.18. The van der Waals surface area contributed by atoms with Crippen molar-refractivity contribution in [1.29, 1.82) is 5.26 Å². The van der Waals surface area contributed by atoms with Gasteiger partial charge in [0.25, 0.3) is 5.78 Å². The molecule has 0 saturated heterocycles. The van der Waals surface area contributed by atoms with Crippen LogP contribution in [0.25, 0.3) is 5.78 Å². The third-order valence-corrected chi connectivity index (χ3v) is 5.19. The first-order valence-corrected chi connectivity index (χ1v) is 8.98. The number of aromatic nitrogens is 6. The predicted molar refractivity (Wildman–Crippen MR) is 94.6 cm³/mol. The Morgan fingerprint density at radius 3 is 2.48 bits per heavy atom. The van der Waals surface area contributed by atoms with Crippen LogP contribution in [0, 0.1) is 32.1 Å². The van der Waals surface area contributed by atoms with Gasteiger partial charge in [0.15, 0.2) is 0 Å². The molecule has 0 aliphatic rings. The minimum Gasteiger partial charge on any atom is -0.216 e. The third-order valence-electron chi connectivity index (χ3n) is 4.36. The van der Waals surface area contributed by atoms with Crippen LogP contribution in [-0.4, -0.2) is 29.8 Å². The van der Waals surface area contributed by atoms with Gasteiger partial charge in [-0.15, -0.1) is 10.2 Å². The van der Waals surface area contributed by atoms with Gasteiger partial charge < -0.3 is 0 Å². The van der Waals surface area contributed by atoms with Gasteiger partial charge in [0.2, 0.25) is 5.16 Å². The summed E-state index contributed by atoms with van der Waals surface area (Å²) in [6.45, 7) is 10.0. The lowest BCUT2D eigenvalue weighted by Crippen LogP contribution is -2.04. The predicted octanol–water partition coefficient (Wildman–Crippen LogP) is 2.99. The van der Waals surface area contributed by atoms with Gasteiger partial charge in [-0.2, -0.15) is 15.3 Å². The molecule has 0 aliphatic carbocycles. The molecule has 0 spiro atoms. The van der Waals surface area contributed by atoms with E-state index in [1.165, 1.54) is 11.8 Å². The van der Waals surface area contributed by atoms with Crippen molar-refractivity contribution in [2.45, 2.75) is 57.6 Å². The Morgan fingerprint density at radius 2 is 1.84 bits per heavy atom. The standard InChI is InChI=1S/C17H19N7S/c1-6-12-13(8-18)15(22-21-14(12)7-2)25-17-20-16-19-10(4)9(3)11(5)24(16)23-17/h6-7H2,1-5H3. The first kappa shape index (κ1) is 17.3. The van der Waals surface area contributed by atoms with Gasteiger partial charge in [-0.1, -0.05) is 13.8 Å². The lowest BCUT2D eigenvalue weighted by atomic mass is 10.1. The number of nitrogens with zero attached hydrogens (tertiary/aromatic N) is 7. The smallest absolute Gasteiger partial charge is 0.216 e. The zero-order valence-corrected chi connectivity index (χ0v) is 15.8. The molecule has 3 aromatic heterocycles. The highest BCUT2D eigenvalue weighted by molar-refractivity contribution is 7.99. The highest BCUT2D eigenvalue weighted by Crippen LogP contribution is 2.29. The number of aryl methyl sites for hydroxylation is 3. The van der Waals surface area contributed by atoms with Crippen LogP contribution in [-0.2, 0) is 12.8 Å². The lowest BCUT2D eigenvalue weighted by Gasteiger charge is -2.08. The number of hydrogen-bond donors (Lipinski definition) is 0. The quantitative estimate of drug-likeness (QED) is 0.712. The molecule has 25 heavy (non-hydrogen) atoms. The van der Waals surface area contributed by atoms with E-state index in [0.717, 1.165) is 41.1 Å². The van der Waals surface area contributed by atoms with Crippen LogP contribution in [0.4, 0.5) is 0 Å². The van der Waals surface area contributed by atoms with Crippen molar-refractivity contribution in [2.24, 2.45) is 0 Å². The molecule has 0 amide bonds. The molecule has 0 radical (unpaired) electrons. The second-order valence-corrected chi connectivity index (χ2v) is 6.70. The van der Waals surface area contributed by atoms with E-state index in [1.807, 2.05) is 34.6 Å². The molecule has 0 aromatic carbocycles. The first-order valence-electron chi connectivity index (χ1n) is 8.17. The van der Waals surface area contributed by atoms with Gasteiger partial charge >= 0.3 is 0 Å². The van der Waals surface area contributed by atoms with E-state index in [0.29, 0.717) is 21.5 Å². The second-order valence-electron chi connectivity index (χ2n) is 5.74. The van der Waals surface area contributed by atoms with Gasteiger partial charge in [0.05, 0.1) is 11.3 Å². The van der Waals surface area contributed by atoms with E-state index in [1.54, 1.807) is 4.52 Å². The summed E-state index contributed by atoms with van der Waals surface area (Å²) in [6, 6.07) is 2.27. The van der Waals surface area contributed by atoms with Gasteiger partial charge in [-0.25, -0.2) is 9.50 Å². The molecule has 0 N–H and O–H groups in total. The summed E-state index contributed by atoms with van der Waals surface area (Å²) in [7, 11) is 0. The Balaban J connectivity index is 2.08. The molecular weight excluding hydrogens is 334 g/mol. The Labute approximate surface area is 150 Å². The fourth-order valence-electron chi connectivity index (χ4n) is 2.71. The molecular formula is C17H19N7S. The van der Waals surface area contributed by atoms with E-state index in [9.17, 15) is 5.26 Å². The summed E-state index contributed by atoms with van der Waals surface area (Å²) < 4.78 is 1.73. The minimum absolute atomic E-state index is 0.512. The molecule has 0 fully saturated rings. The fourth-order valence-corrected chi connectivity index (χ4v) is 3.48. The van der Waals surface area contributed by atoms with E-state index in [4.69, 9.17) is 0 Å². The number of fused-ring (bicyclic) bond motifs is 1. The Bertz CT molecular complexity index is 1000. The normalized spacial score (nSPS) is 11.0. The second kappa shape index (κ2) is 6.76. The average molecular weight is 353 g/mol. The van der Waals surface area contributed by atoms with Crippen molar-refractivity contribution >= 4 is 17.5 Å². The van der Waals surface area contributed by atoms with Crippen molar-refractivity contribution in [3.8, 4) is 6.07 Å². The number of rotatable bonds is 4. The maximum Gasteiger partial charge on any atom is 0.253 e. The molecule has 0 saturated carbocycles. The van der Waals surface area contributed by atoms with Crippen LogP contribution in [0.15, 0.2) is 10.2 Å². The topological polar surface area (TPSA) is 92.7 Å². The Hall–Kier alpha value is -2.53. The average Bonchev–Trinajstić information content (AvgIpc) is 3.01. The molecule has 8 heteroatoms. The maximum absolute atomic E-state index is 9.60. The summed E-state index contributed by atoms with van der Waals surface area (Å²) in [6.07, 6.45) is 1.50. The SMILES string of the molecule is CCc1nnc(Sc2nc3nc(C)c(C)c(C)n3n2)c(C#N)c1CC. The van der Waals surface area contributed by atoms with E-state index in [2.05, 4.69) is 31.3 Å². The largest absolute Gasteiger partial charge is 0.253 e. The zero-order valence-electron chi connectivity index (χ0n) is 15.0. The monoisotopic (exact) mass is 353 g/mol. The summed E-state index contributed by atoms with van der Waals surface area (Å²) in [4.78, 5) is 8.95. The van der Waals surface area contributed by atoms with Gasteiger partial charge in [-0.3, -0.25) is 0 Å². The summed E-state index contributed by atoms with van der Waals surface area (Å²) >= 11 is 1.25. The van der Waals surface area contributed by atoms with Crippen molar-refractivity contribution in [1.82, 2.24) is 29.8 Å². The van der Waals surface area contributed by atoms with Gasteiger partial charge in [0, 0.05) is 11.4 Å². The van der Waals surface area contributed by atoms with Crippen molar-refractivity contribution in [3.05, 3.63) is 33.8 Å². The molecule has 3 heterocycles. The number of nitriles is 1. The molecule has 0 aliphatic heterocycles. The van der Waals surface area contributed by atoms with Crippen LogP contribution < -0.4 is 0 Å². The maximum atomic E-state index is 9.60. The Kier molecular flexibility index (Phi) is 4.68. The summed E-state index contributed by atoms with van der Waals surface area (Å²) in [5.41, 5.74) is 5.42. The van der Waals surface area contributed by atoms with Crippen molar-refractivity contribution < 1.29 is 0 Å². The summed E-state index contributed by atoms with van der Waals surface area (Å²) in [5.74, 6) is 0.551. The molecule has 0 atom stereocenters. The number of hydrogen-bond acceptors (Lipinski definition) is 7. The van der Waals surface area contributed by atoms with E-state index in [-0.39, 0.29) is 0 Å². The van der Waals surface area contributed by atoms with Crippen molar-refractivity contribution in [2.75, 3.05) is 0 Å². The molecule has 128 valence electrons. The Morgan fingerprint density at radius 1 is 1.08 bits per heavy atom. The first-order chi connectivity index (χ1) is 12.0.